The molecule has 4 rings (SSSR count). The van der Waals surface area contributed by atoms with E-state index in [4.69, 9.17) is 4.74 Å². The van der Waals surface area contributed by atoms with E-state index < -0.39 is 30.1 Å². The number of benzene rings is 3. The van der Waals surface area contributed by atoms with E-state index in [1.807, 2.05) is 18.2 Å². The van der Waals surface area contributed by atoms with E-state index >= 15 is 0 Å². The van der Waals surface area contributed by atoms with Crippen LogP contribution in [0.3, 0.4) is 0 Å². The Morgan fingerprint density at radius 3 is 2.26 bits per heavy atom. The molecule has 0 bridgehead atoms. The molecule has 7 heteroatoms. The summed E-state index contributed by atoms with van der Waals surface area (Å²) in [6.07, 6.45) is 2.00. The van der Waals surface area contributed by atoms with Crippen LogP contribution in [0.1, 0.15) is 60.9 Å². The third-order valence-electron chi connectivity index (χ3n) is 6.87. The van der Waals surface area contributed by atoms with Gasteiger partial charge < -0.3 is 14.7 Å². The number of halogens is 2. The lowest BCUT2D eigenvalue weighted by atomic mass is 9.90. The number of amides is 1. The summed E-state index contributed by atoms with van der Waals surface area (Å²) in [4.78, 5) is 25.3. The predicted octanol–water partition coefficient (Wildman–Crippen LogP) is 6.07. The quantitative estimate of drug-likeness (QED) is 0.352. The molecule has 1 heterocycles. The van der Waals surface area contributed by atoms with E-state index in [9.17, 15) is 23.5 Å². The highest BCUT2D eigenvalue weighted by Gasteiger charge is 2.35. The molecular weight excluding hydrogens is 488 g/mol. The molecule has 1 N–H and O–H groups in total. The molecule has 0 radical (unpaired) electrons. The Kier molecular flexibility index (Phi) is 8.14. The van der Waals surface area contributed by atoms with Crippen LogP contribution in [-0.4, -0.2) is 34.0 Å². The second-order valence-corrected chi connectivity index (χ2v) is 10.7. The molecular formula is C31H33F2NO4. The molecule has 0 saturated heterocycles. The highest BCUT2D eigenvalue weighted by molar-refractivity contribution is 5.81. The second kappa shape index (κ2) is 11.3. The summed E-state index contributed by atoms with van der Waals surface area (Å²) in [5, 5.41) is 9.25. The third-order valence-corrected chi connectivity index (χ3v) is 6.87. The summed E-state index contributed by atoms with van der Waals surface area (Å²) in [5.41, 5.74) is 4.37. The number of aryl methyl sites for hydroxylation is 1. The first kappa shape index (κ1) is 27.3. The molecule has 1 aliphatic heterocycles. The summed E-state index contributed by atoms with van der Waals surface area (Å²) >= 11 is 0. The smallest absolute Gasteiger partial charge is 0.323 e. The summed E-state index contributed by atoms with van der Waals surface area (Å²) in [5.74, 6) is -1.82. The number of nitrogens with zero attached hydrogens (tertiary/aromatic N) is 1. The van der Waals surface area contributed by atoms with Gasteiger partial charge in [0.1, 0.15) is 29.5 Å². The van der Waals surface area contributed by atoms with E-state index in [1.54, 1.807) is 0 Å². The SMILES string of the molecule is CC(C)c1ccc(CC2(C)Cc3cc(CCC(=O)N(CC(=O)O)Cc4cc(F)cc(F)c4)ccc3O2)cc1. The van der Waals surface area contributed by atoms with Crippen molar-refractivity contribution >= 4 is 11.9 Å². The number of fused-ring (bicyclic) bond motifs is 1. The zero-order valence-electron chi connectivity index (χ0n) is 22.0. The van der Waals surface area contributed by atoms with Crippen LogP contribution in [0.15, 0.2) is 60.7 Å². The van der Waals surface area contributed by atoms with Crippen molar-refractivity contribution in [2.75, 3.05) is 6.54 Å². The Hall–Kier alpha value is -3.74. The molecule has 0 aromatic heterocycles. The number of carboxylic acids is 1. The standard InChI is InChI=1S/C31H33F2NO4/c1-20(2)24-8-4-22(5-9-24)16-31(3)17-25-12-21(6-10-28(25)38-31)7-11-29(35)34(19-30(36)37)18-23-13-26(32)15-27(33)14-23/h4-6,8-10,12-15,20H,7,11,16-19H2,1-3H3,(H,36,37). The van der Waals surface area contributed by atoms with Crippen molar-refractivity contribution < 1.29 is 28.2 Å². The minimum atomic E-state index is -1.19. The second-order valence-electron chi connectivity index (χ2n) is 10.7. The van der Waals surface area contributed by atoms with Gasteiger partial charge in [-0.15, -0.1) is 0 Å². The molecule has 0 saturated carbocycles. The van der Waals surface area contributed by atoms with Crippen LogP contribution in [0.2, 0.25) is 0 Å². The van der Waals surface area contributed by atoms with Gasteiger partial charge in [-0.2, -0.15) is 0 Å². The lowest BCUT2D eigenvalue weighted by Gasteiger charge is -2.24. The Morgan fingerprint density at radius 1 is 0.974 bits per heavy atom. The number of carbonyl (C=O) groups is 2. The minimum Gasteiger partial charge on any atom is -0.487 e. The van der Waals surface area contributed by atoms with Crippen molar-refractivity contribution in [2.24, 2.45) is 0 Å². The van der Waals surface area contributed by atoms with Gasteiger partial charge in [-0.3, -0.25) is 9.59 Å². The molecule has 1 aliphatic rings. The number of ether oxygens (including phenoxy) is 1. The van der Waals surface area contributed by atoms with Crippen molar-refractivity contribution in [3.05, 3.63) is 100 Å². The normalized spacial score (nSPS) is 16.3. The fourth-order valence-electron chi connectivity index (χ4n) is 5.01. The highest BCUT2D eigenvalue weighted by Crippen LogP contribution is 2.38. The van der Waals surface area contributed by atoms with Gasteiger partial charge in [-0.05, 0) is 65.3 Å². The average molecular weight is 522 g/mol. The van der Waals surface area contributed by atoms with Gasteiger partial charge in [0.15, 0.2) is 0 Å². The first-order valence-corrected chi connectivity index (χ1v) is 12.8. The lowest BCUT2D eigenvalue weighted by molar-refractivity contribution is -0.144. The van der Waals surface area contributed by atoms with Crippen LogP contribution < -0.4 is 4.74 Å². The van der Waals surface area contributed by atoms with Crippen molar-refractivity contribution in [2.45, 2.75) is 64.5 Å². The number of carbonyl (C=O) groups excluding carboxylic acids is 1. The summed E-state index contributed by atoms with van der Waals surface area (Å²) < 4.78 is 33.5. The van der Waals surface area contributed by atoms with Crippen molar-refractivity contribution in [3.8, 4) is 5.75 Å². The van der Waals surface area contributed by atoms with Gasteiger partial charge >= 0.3 is 5.97 Å². The van der Waals surface area contributed by atoms with Crippen molar-refractivity contribution in [1.29, 1.82) is 0 Å². The number of rotatable bonds is 10. The maximum Gasteiger partial charge on any atom is 0.323 e. The predicted molar refractivity (Wildman–Crippen MR) is 141 cm³/mol. The van der Waals surface area contributed by atoms with Gasteiger partial charge in [0.2, 0.25) is 5.91 Å². The van der Waals surface area contributed by atoms with Gasteiger partial charge in [0.05, 0.1) is 0 Å². The fourth-order valence-corrected chi connectivity index (χ4v) is 5.01. The zero-order chi connectivity index (χ0) is 27.4. The summed E-state index contributed by atoms with van der Waals surface area (Å²) in [6, 6.07) is 17.5. The topological polar surface area (TPSA) is 66.8 Å². The first-order valence-electron chi connectivity index (χ1n) is 12.8. The van der Waals surface area contributed by atoms with Gasteiger partial charge in [0.25, 0.3) is 0 Å². The van der Waals surface area contributed by atoms with E-state index in [2.05, 4.69) is 45.0 Å². The molecule has 1 unspecified atom stereocenters. The lowest BCUT2D eigenvalue weighted by Crippen LogP contribution is -2.35. The van der Waals surface area contributed by atoms with Crippen LogP contribution in [0, 0.1) is 11.6 Å². The van der Waals surface area contributed by atoms with Crippen LogP contribution in [-0.2, 0) is 35.4 Å². The molecule has 5 nitrogen and oxygen atoms in total. The van der Waals surface area contributed by atoms with E-state index in [1.165, 1.54) is 11.1 Å². The Labute approximate surface area is 222 Å². The van der Waals surface area contributed by atoms with E-state index in [-0.39, 0.29) is 24.1 Å². The van der Waals surface area contributed by atoms with Crippen LogP contribution in [0.4, 0.5) is 8.78 Å². The van der Waals surface area contributed by atoms with Crippen LogP contribution in [0.5, 0.6) is 5.75 Å². The number of aliphatic carboxylic acids is 1. The van der Waals surface area contributed by atoms with Gasteiger partial charge in [-0.25, -0.2) is 8.78 Å². The van der Waals surface area contributed by atoms with E-state index in [0.29, 0.717) is 12.3 Å². The van der Waals surface area contributed by atoms with Gasteiger partial charge in [-0.1, -0.05) is 50.2 Å². The molecule has 1 atom stereocenters. The molecule has 0 fully saturated rings. The Bertz CT molecular complexity index is 1300. The molecule has 38 heavy (non-hydrogen) atoms. The van der Waals surface area contributed by atoms with Crippen LogP contribution >= 0.6 is 0 Å². The minimum absolute atomic E-state index is 0.0736. The Balaban J connectivity index is 1.38. The highest BCUT2D eigenvalue weighted by atomic mass is 19.1. The monoisotopic (exact) mass is 521 g/mol. The molecule has 3 aromatic carbocycles. The number of carboxylic acid groups (broad SMARTS) is 1. The zero-order valence-corrected chi connectivity index (χ0v) is 22.0. The summed E-state index contributed by atoms with van der Waals surface area (Å²) in [6.45, 7) is 5.71. The molecule has 0 spiro atoms. The maximum atomic E-state index is 13.6. The Morgan fingerprint density at radius 2 is 1.63 bits per heavy atom. The summed E-state index contributed by atoms with van der Waals surface area (Å²) in [7, 11) is 0. The number of hydrogen-bond donors (Lipinski definition) is 1. The maximum absolute atomic E-state index is 13.6. The van der Waals surface area contributed by atoms with Crippen LogP contribution in [0.25, 0.3) is 0 Å². The molecule has 1 amide bonds. The molecule has 3 aromatic rings. The number of hydrogen-bond acceptors (Lipinski definition) is 3. The first-order chi connectivity index (χ1) is 18.0. The average Bonchev–Trinajstić information content (AvgIpc) is 3.16. The van der Waals surface area contributed by atoms with Gasteiger partial charge in [0, 0.05) is 31.9 Å². The fraction of sp³-hybridized carbons (Fsp3) is 0.355. The molecule has 0 aliphatic carbocycles. The largest absolute Gasteiger partial charge is 0.487 e. The van der Waals surface area contributed by atoms with Crippen molar-refractivity contribution in [1.82, 2.24) is 4.90 Å². The third kappa shape index (κ3) is 6.97. The van der Waals surface area contributed by atoms with E-state index in [0.717, 1.165) is 52.8 Å². The van der Waals surface area contributed by atoms with Crippen molar-refractivity contribution in [3.63, 3.8) is 0 Å². The molecule has 200 valence electrons.